The molecule has 3 heteroatoms. The zero-order valence-corrected chi connectivity index (χ0v) is 10.2. The zero-order valence-electron chi connectivity index (χ0n) is 10.2. The van der Waals surface area contributed by atoms with Crippen LogP contribution in [0.15, 0.2) is 18.2 Å². The van der Waals surface area contributed by atoms with Crippen molar-refractivity contribution in [3.63, 3.8) is 0 Å². The molecule has 0 spiro atoms. The lowest BCUT2D eigenvalue weighted by molar-refractivity contribution is 0.131. The van der Waals surface area contributed by atoms with E-state index in [1.165, 1.54) is 19.5 Å². The average Bonchev–Trinajstić information content (AvgIpc) is 2.24. The molecule has 2 heterocycles. The fourth-order valence-corrected chi connectivity index (χ4v) is 2.31. The number of aromatic nitrogens is 1. The van der Waals surface area contributed by atoms with Gasteiger partial charge in [0.15, 0.2) is 0 Å². The first-order valence-corrected chi connectivity index (χ1v) is 6.09. The number of nitrogen functional groups attached to an aromatic ring is 1. The van der Waals surface area contributed by atoms with Crippen LogP contribution in [-0.4, -0.2) is 23.0 Å². The first-order chi connectivity index (χ1) is 7.65. The van der Waals surface area contributed by atoms with Gasteiger partial charge in [0.1, 0.15) is 5.82 Å². The van der Waals surface area contributed by atoms with Crippen LogP contribution in [0.1, 0.15) is 26.0 Å². The summed E-state index contributed by atoms with van der Waals surface area (Å²) in [5.74, 6) is 2.26. The maximum atomic E-state index is 5.68. The van der Waals surface area contributed by atoms with E-state index in [0.717, 1.165) is 24.1 Å². The van der Waals surface area contributed by atoms with Crippen LogP contribution in [-0.2, 0) is 6.54 Å². The van der Waals surface area contributed by atoms with E-state index in [1.807, 2.05) is 12.1 Å². The second-order valence-electron chi connectivity index (χ2n) is 5.03. The zero-order chi connectivity index (χ0) is 11.5. The highest BCUT2D eigenvalue weighted by atomic mass is 15.1. The fourth-order valence-electron chi connectivity index (χ4n) is 2.31. The lowest BCUT2D eigenvalue weighted by Gasteiger charge is -2.35. The third kappa shape index (κ3) is 2.73. The summed E-state index contributed by atoms with van der Waals surface area (Å²) in [6.07, 6.45) is 1.30. The summed E-state index contributed by atoms with van der Waals surface area (Å²) in [4.78, 5) is 6.83. The summed E-state index contributed by atoms with van der Waals surface area (Å²) in [5.41, 5.74) is 6.77. The number of hydrogen-bond donors (Lipinski definition) is 1. The van der Waals surface area contributed by atoms with Crippen molar-refractivity contribution in [2.24, 2.45) is 11.8 Å². The maximum Gasteiger partial charge on any atom is 0.123 e. The van der Waals surface area contributed by atoms with E-state index in [4.69, 9.17) is 5.73 Å². The quantitative estimate of drug-likeness (QED) is 0.828. The van der Waals surface area contributed by atoms with Gasteiger partial charge < -0.3 is 5.73 Å². The molecule has 1 aliphatic heterocycles. The number of likely N-dealkylation sites (tertiary alicyclic amines) is 1. The summed E-state index contributed by atoms with van der Waals surface area (Å²) in [6.45, 7) is 7.98. The lowest BCUT2D eigenvalue weighted by Crippen LogP contribution is -2.38. The highest BCUT2D eigenvalue weighted by molar-refractivity contribution is 5.28. The molecule has 0 saturated carbocycles. The van der Waals surface area contributed by atoms with Crippen molar-refractivity contribution in [1.82, 2.24) is 9.88 Å². The number of hydrogen-bond acceptors (Lipinski definition) is 3. The Morgan fingerprint density at radius 1 is 1.38 bits per heavy atom. The summed E-state index contributed by atoms with van der Waals surface area (Å²) in [7, 11) is 0. The summed E-state index contributed by atoms with van der Waals surface area (Å²) < 4.78 is 0. The van der Waals surface area contributed by atoms with Crippen molar-refractivity contribution in [2.75, 3.05) is 18.8 Å². The van der Waals surface area contributed by atoms with Crippen LogP contribution in [0.2, 0.25) is 0 Å². The normalized spacial score (nSPS) is 26.9. The molecular weight excluding hydrogens is 198 g/mol. The Balaban J connectivity index is 1.95. The third-order valence-corrected chi connectivity index (χ3v) is 3.63. The number of nitrogens with two attached hydrogens (primary N) is 1. The van der Waals surface area contributed by atoms with E-state index in [0.29, 0.717) is 5.82 Å². The van der Waals surface area contributed by atoms with Crippen LogP contribution in [0.4, 0.5) is 5.82 Å². The van der Waals surface area contributed by atoms with Crippen molar-refractivity contribution in [3.05, 3.63) is 23.9 Å². The van der Waals surface area contributed by atoms with Gasteiger partial charge in [-0.25, -0.2) is 4.98 Å². The molecule has 0 bridgehead atoms. The molecular formula is C13H21N3. The van der Waals surface area contributed by atoms with Crippen molar-refractivity contribution < 1.29 is 0 Å². The lowest BCUT2D eigenvalue weighted by atomic mass is 9.89. The van der Waals surface area contributed by atoms with Gasteiger partial charge in [0, 0.05) is 13.1 Å². The first kappa shape index (κ1) is 11.4. The molecule has 0 radical (unpaired) electrons. The van der Waals surface area contributed by atoms with Crippen molar-refractivity contribution >= 4 is 5.82 Å². The standard InChI is InChI=1S/C13H21N3/c1-10-6-7-16(8-11(10)2)9-12-4-3-5-13(14)15-12/h3-5,10-11H,6-9H2,1-2H3,(H2,14,15). The largest absolute Gasteiger partial charge is 0.384 e. The molecule has 2 atom stereocenters. The Hall–Kier alpha value is -1.09. The Kier molecular flexibility index (Phi) is 3.44. The molecule has 1 saturated heterocycles. The molecule has 0 amide bonds. The van der Waals surface area contributed by atoms with E-state index in [1.54, 1.807) is 0 Å². The van der Waals surface area contributed by atoms with Gasteiger partial charge in [0.25, 0.3) is 0 Å². The van der Waals surface area contributed by atoms with E-state index >= 15 is 0 Å². The second-order valence-corrected chi connectivity index (χ2v) is 5.03. The van der Waals surface area contributed by atoms with Gasteiger partial charge in [-0.2, -0.15) is 0 Å². The molecule has 3 nitrogen and oxygen atoms in total. The van der Waals surface area contributed by atoms with Gasteiger partial charge in [-0.15, -0.1) is 0 Å². The summed E-state index contributed by atoms with van der Waals surface area (Å²) in [5, 5.41) is 0. The number of piperidine rings is 1. The monoisotopic (exact) mass is 219 g/mol. The molecule has 1 aliphatic rings. The smallest absolute Gasteiger partial charge is 0.123 e. The SMILES string of the molecule is CC1CCN(Cc2cccc(N)n2)CC1C. The molecule has 1 aromatic heterocycles. The molecule has 0 aromatic carbocycles. The molecule has 1 aromatic rings. The van der Waals surface area contributed by atoms with Crippen molar-refractivity contribution in [3.8, 4) is 0 Å². The number of anilines is 1. The van der Waals surface area contributed by atoms with Gasteiger partial charge >= 0.3 is 0 Å². The molecule has 2 rings (SSSR count). The third-order valence-electron chi connectivity index (χ3n) is 3.63. The topological polar surface area (TPSA) is 42.1 Å². The Bertz CT molecular complexity index is 351. The predicted molar refractivity (Wildman–Crippen MR) is 66.9 cm³/mol. The number of pyridine rings is 1. The minimum absolute atomic E-state index is 0.621. The molecule has 2 N–H and O–H groups in total. The maximum absolute atomic E-state index is 5.68. The van der Waals surface area contributed by atoms with E-state index in [9.17, 15) is 0 Å². The van der Waals surface area contributed by atoms with E-state index < -0.39 is 0 Å². The molecule has 88 valence electrons. The second kappa shape index (κ2) is 4.83. The van der Waals surface area contributed by atoms with E-state index in [-0.39, 0.29) is 0 Å². The van der Waals surface area contributed by atoms with Crippen LogP contribution >= 0.6 is 0 Å². The highest BCUT2D eigenvalue weighted by Gasteiger charge is 2.22. The van der Waals surface area contributed by atoms with Crippen LogP contribution in [0.3, 0.4) is 0 Å². The van der Waals surface area contributed by atoms with Gasteiger partial charge in [-0.05, 0) is 36.9 Å². The van der Waals surface area contributed by atoms with E-state index in [2.05, 4.69) is 29.8 Å². The summed E-state index contributed by atoms with van der Waals surface area (Å²) in [6, 6.07) is 5.87. The number of rotatable bonds is 2. The highest BCUT2D eigenvalue weighted by Crippen LogP contribution is 2.23. The minimum Gasteiger partial charge on any atom is -0.384 e. The summed E-state index contributed by atoms with van der Waals surface area (Å²) >= 11 is 0. The minimum atomic E-state index is 0.621. The molecule has 2 unspecified atom stereocenters. The van der Waals surface area contributed by atoms with Crippen molar-refractivity contribution in [2.45, 2.75) is 26.8 Å². The Labute approximate surface area is 97.7 Å². The number of nitrogens with zero attached hydrogens (tertiary/aromatic N) is 2. The van der Waals surface area contributed by atoms with Crippen LogP contribution in [0.25, 0.3) is 0 Å². The Morgan fingerprint density at radius 3 is 2.88 bits per heavy atom. The fraction of sp³-hybridized carbons (Fsp3) is 0.615. The van der Waals surface area contributed by atoms with Gasteiger partial charge in [0.2, 0.25) is 0 Å². The first-order valence-electron chi connectivity index (χ1n) is 6.09. The van der Waals surface area contributed by atoms with Gasteiger partial charge in [0.05, 0.1) is 5.69 Å². The van der Waals surface area contributed by atoms with Crippen LogP contribution in [0, 0.1) is 11.8 Å². The Morgan fingerprint density at radius 2 is 2.19 bits per heavy atom. The predicted octanol–water partition coefficient (Wildman–Crippen LogP) is 2.14. The van der Waals surface area contributed by atoms with Gasteiger partial charge in [-0.1, -0.05) is 19.9 Å². The van der Waals surface area contributed by atoms with Crippen molar-refractivity contribution in [1.29, 1.82) is 0 Å². The molecule has 1 fully saturated rings. The van der Waals surface area contributed by atoms with Crippen LogP contribution < -0.4 is 5.73 Å². The van der Waals surface area contributed by atoms with Crippen LogP contribution in [0.5, 0.6) is 0 Å². The molecule has 0 aliphatic carbocycles. The average molecular weight is 219 g/mol. The molecule has 16 heavy (non-hydrogen) atoms. The van der Waals surface area contributed by atoms with Gasteiger partial charge in [-0.3, -0.25) is 4.90 Å².